The topological polar surface area (TPSA) is 112 Å². The van der Waals surface area contributed by atoms with Crippen molar-refractivity contribution in [2.75, 3.05) is 25.4 Å². The summed E-state index contributed by atoms with van der Waals surface area (Å²) in [5, 5.41) is 10.9. The van der Waals surface area contributed by atoms with E-state index in [9.17, 15) is 4.79 Å². The van der Waals surface area contributed by atoms with Gasteiger partial charge in [0.15, 0.2) is 0 Å². The van der Waals surface area contributed by atoms with Crippen molar-refractivity contribution in [1.82, 2.24) is 30.1 Å². The van der Waals surface area contributed by atoms with Crippen molar-refractivity contribution in [3.63, 3.8) is 0 Å². The van der Waals surface area contributed by atoms with Gasteiger partial charge in [-0.15, -0.1) is 16.4 Å². The van der Waals surface area contributed by atoms with E-state index in [0.717, 1.165) is 29.8 Å². The number of amides is 1. The molecule has 2 aliphatic rings. The monoisotopic (exact) mass is 411 g/mol. The molecule has 5 rings (SSSR count). The van der Waals surface area contributed by atoms with Gasteiger partial charge in [-0.1, -0.05) is 6.07 Å². The Bertz CT molecular complexity index is 1030. The number of thiophene rings is 1. The van der Waals surface area contributed by atoms with Gasteiger partial charge in [0.25, 0.3) is 0 Å². The molecule has 1 fully saturated rings. The van der Waals surface area contributed by atoms with Crippen LogP contribution in [-0.2, 0) is 28.1 Å². The lowest BCUT2D eigenvalue weighted by Gasteiger charge is -2.44. The molecule has 1 saturated heterocycles. The molecule has 0 unspecified atom stereocenters. The Hall–Kier alpha value is -2.85. The Morgan fingerprint density at radius 3 is 2.93 bits per heavy atom. The summed E-state index contributed by atoms with van der Waals surface area (Å²) in [5.74, 6) is 0.549. The third-order valence-electron chi connectivity index (χ3n) is 5.64. The Labute approximate surface area is 171 Å². The van der Waals surface area contributed by atoms with Crippen molar-refractivity contribution in [3.05, 3.63) is 41.0 Å². The van der Waals surface area contributed by atoms with Crippen LogP contribution in [0.5, 0.6) is 0 Å². The molecule has 2 N–H and O–H groups in total. The highest BCUT2D eigenvalue weighted by Crippen LogP contribution is 2.46. The van der Waals surface area contributed by atoms with Crippen molar-refractivity contribution >= 4 is 23.1 Å². The second-order valence-corrected chi connectivity index (χ2v) is 8.51. The van der Waals surface area contributed by atoms with E-state index in [1.54, 1.807) is 17.4 Å². The summed E-state index contributed by atoms with van der Waals surface area (Å²) in [6, 6.07) is 7.92. The summed E-state index contributed by atoms with van der Waals surface area (Å²) in [6.45, 7) is 2.18. The largest absolute Gasteiger partial charge is 0.384 e. The van der Waals surface area contributed by atoms with Crippen LogP contribution >= 0.6 is 11.3 Å². The van der Waals surface area contributed by atoms with E-state index in [2.05, 4.69) is 26.6 Å². The number of tetrazole rings is 1. The van der Waals surface area contributed by atoms with Gasteiger partial charge in [-0.3, -0.25) is 4.79 Å². The van der Waals surface area contributed by atoms with Gasteiger partial charge in [-0.2, -0.15) is 0 Å². The maximum atomic E-state index is 12.6. The normalized spacial score (nSPS) is 18.0. The van der Waals surface area contributed by atoms with Gasteiger partial charge in [0.1, 0.15) is 18.7 Å². The van der Waals surface area contributed by atoms with Crippen molar-refractivity contribution in [3.8, 4) is 10.6 Å². The molecule has 10 heteroatoms. The number of nitrogen functional groups attached to an aromatic ring is 1. The predicted octanol–water partition coefficient (Wildman–Crippen LogP) is 1.47. The van der Waals surface area contributed by atoms with Crippen molar-refractivity contribution in [2.24, 2.45) is 0 Å². The first-order valence-electron chi connectivity index (χ1n) is 9.62. The number of aromatic nitrogens is 5. The van der Waals surface area contributed by atoms with E-state index in [1.807, 2.05) is 17.0 Å². The molecule has 2 aliphatic heterocycles. The van der Waals surface area contributed by atoms with Crippen molar-refractivity contribution < 1.29 is 9.53 Å². The first-order chi connectivity index (χ1) is 14.1. The lowest BCUT2D eigenvalue weighted by molar-refractivity contribution is -0.141. The summed E-state index contributed by atoms with van der Waals surface area (Å²) in [5.41, 5.74) is 7.69. The van der Waals surface area contributed by atoms with Crippen LogP contribution in [0.3, 0.4) is 0 Å². The zero-order valence-corrected chi connectivity index (χ0v) is 16.6. The molecule has 1 amide bonds. The minimum Gasteiger partial charge on any atom is -0.384 e. The molecule has 3 aromatic heterocycles. The number of carbonyl (C=O) groups is 1. The number of nitrogens with zero attached hydrogens (tertiary/aromatic N) is 6. The Morgan fingerprint density at radius 2 is 2.17 bits per heavy atom. The number of rotatable bonds is 3. The van der Waals surface area contributed by atoms with E-state index >= 15 is 0 Å². The minimum atomic E-state index is -0.325. The third kappa shape index (κ3) is 3.38. The molecule has 0 aromatic carbocycles. The van der Waals surface area contributed by atoms with Crippen LogP contribution < -0.4 is 5.73 Å². The number of hydrogen-bond acceptors (Lipinski definition) is 8. The first-order valence-corrected chi connectivity index (χ1v) is 10.4. The van der Waals surface area contributed by atoms with Gasteiger partial charge < -0.3 is 15.4 Å². The Kier molecular flexibility index (Phi) is 4.51. The van der Waals surface area contributed by atoms with E-state index in [1.165, 1.54) is 21.4 Å². The minimum absolute atomic E-state index is 0.0261. The number of anilines is 1. The zero-order valence-electron chi connectivity index (χ0n) is 15.8. The predicted molar refractivity (Wildman–Crippen MR) is 107 cm³/mol. The summed E-state index contributed by atoms with van der Waals surface area (Å²) >= 11 is 1.77. The average molecular weight is 411 g/mol. The molecule has 1 spiro atoms. The fraction of sp³-hybridized carbons (Fsp3) is 0.421. The number of piperidine rings is 1. The summed E-state index contributed by atoms with van der Waals surface area (Å²) in [4.78, 5) is 21.4. The quantitative estimate of drug-likeness (QED) is 0.694. The lowest BCUT2D eigenvalue weighted by atomic mass is 9.82. The number of hydrogen-bond donors (Lipinski definition) is 1. The van der Waals surface area contributed by atoms with Crippen LogP contribution in [0.25, 0.3) is 10.6 Å². The van der Waals surface area contributed by atoms with Crippen LogP contribution in [0, 0.1) is 0 Å². The van der Waals surface area contributed by atoms with Gasteiger partial charge in [-0.25, -0.2) is 9.67 Å². The lowest BCUT2D eigenvalue weighted by Crippen LogP contribution is -2.48. The Morgan fingerprint density at radius 1 is 1.31 bits per heavy atom. The van der Waals surface area contributed by atoms with Crippen LogP contribution in [-0.4, -0.2) is 55.7 Å². The number of pyridine rings is 1. The number of nitrogens with two attached hydrogens (primary N) is 1. The van der Waals surface area contributed by atoms with Crippen LogP contribution in [0.15, 0.2) is 30.6 Å². The number of ether oxygens (including phenoxy) is 1. The standard InChI is InChI=1S/C19H21N7O2S/c20-17-3-1-2-14(22-17)16-10-13-15(29-16)4-9-28-19(13)5-7-25(8-6-19)18(27)11-26-12-21-23-24-26/h1-3,10,12H,4-9,11H2,(H2,20,22). The van der Waals surface area contributed by atoms with Crippen LogP contribution in [0.2, 0.25) is 0 Å². The van der Waals surface area contributed by atoms with Gasteiger partial charge in [-0.05, 0) is 47.0 Å². The molecule has 150 valence electrons. The van der Waals surface area contributed by atoms with Crippen LogP contribution in [0.4, 0.5) is 5.82 Å². The fourth-order valence-electron chi connectivity index (χ4n) is 4.15. The van der Waals surface area contributed by atoms with Gasteiger partial charge >= 0.3 is 0 Å². The van der Waals surface area contributed by atoms with E-state index in [0.29, 0.717) is 25.5 Å². The summed E-state index contributed by atoms with van der Waals surface area (Å²) < 4.78 is 7.78. The van der Waals surface area contributed by atoms with Crippen molar-refractivity contribution in [2.45, 2.75) is 31.4 Å². The highest BCUT2D eigenvalue weighted by Gasteiger charge is 2.42. The van der Waals surface area contributed by atoms with Gasteiger partial charge in [0.2, 0.25) is 5.91 Å². The fourth-order valence-corrected chi connectivity index (χ4v) is 5.35. The number of likely N-dealkylation sites (tertiary alicyclic amines) is 1. The maximum Gasteiger partial charge on any atom is 0.244 e. The molecule has 0 radical (unpaired) electrons. The van der Waals surface area contributed by atoms with Gasteiger partial charge in [0, 0.05) is 24.4 Å². The third-order valence-corrected chi connectivity index (χ3v) is 6.86. The molecule has 0 atom stereocenters. The molecular weight excluding hydrogens is 390 g/mol. The SMILES string of the molecule is Nc1cccc(-c2cc3c(s2)CCOC32CCN(C(=O)Cn3cnnn3)CC2)n1. The molecule has 3 aromatic rings. The first kappa shape index (κ1) is 18.2. The summed E-state index contributed by atoms with van der Waals surface area (Å²) in [6.07, 6.45) is 3.92. The van der Waals surface area contributed by atoms with E-state index in [4.69, 9.17) is 10.5 Å². The van der Waals surface area contributed by atoms with Crippen molar-refractivity contribution in [1.29, 1.82) is 0 Å². The maximum absolute atomic E-state index is 12.6. The van der Waals surface area contributed by atoms with E-state index in [-0.39, 0.29) is 18.1 Å². The molecule has 9 nitrogen and oxygen atoms in total. The zero-order chi connectivity index (χ0) is 19.8. The van der Waals surface area contributed by atoms with E-state index < -0.39 is 0 Å². The average Bonchev–Trinajstić information content (AvgIpc) is 3.39. The van der Waals surface area contributed by atoms with Crippen LogP contribution in [0.1, 0.15) is 23.3 Å². The molecule has 5 heterocycles. The summed E-state index contributed by atoms with van der Waals surface area (Å²) in [7, 11) is 0. The molecule has 0 saturated carbocycles. The molecule has 29 heavy (non-hydrogen) atoms. The van der Waals surface area contributed by atoms with Gasteiger partial charge in [0.05, 0.1) is 22.8 Å². The second kappa shape index (κ2) is 7.20. The second-order valence-electron chi connectivity index (χ2n) is 7.38. The molecular formula is C19H21N7O2S. The molecule has 0 bridgehead atoms. The highest BCUT2D eigenvalue weighted by atomic mass is 32.1. The highest BCUT2D eigenvalue weighted by molar-refractivity contribution is 7.15. The number of fused-ring (bicyclic) bond motifs is 2. The number of carbonyl (C=O) groups excluding carboxylic acids is 1. The molecule has 0 aliphatic carbocycles. The smallest absolute Gasteiger partial charge is 0.244 e. The Balaban J connectivity index is 1.35.